The number of aromatic nitrogens is 1. The number of nitrogens with zero attached hydrogens (tertiary/aromatic N) is 2. The van der Waals surface area contributed by atoms with Crippen LogP contribution < -0.4 is 5.32 Å². The molecule has 1 aliphatic rings. The molecule has 0 saturated carbocycles. The number of hydrogen-bond donors (Lipinski definition) is 2. The molecule has 0 spiro atoms. The van der Waals surface area contributed by atoms with Gasteiger partial charge in [0.2, 0.25) is 0 Å². The Kier molecular flexibility index (Phi) is 11.4. The summed E-state index contributed by atoms with van der Waals surface area (Å²) in [4.78, 5) is 32.0. The van der Waals surface area contributed by atoms with Gasteiger partial charge in [-0.15, -0.1) is 0 Å². The number of carbonyl (C=O) groups is 2. The minimum atomic E-state index is -1.19. The predicted molar refractivity (Wildman–Crippen MR) is 130 cm³/mol. The van der Waals surface area contributed by atoms with Gasteiger partial charge in [0, 0.05) is 37.9 Å². The van der Waals surface area contributed by atoms with Crippen LogP contribution in [0.3, 0.4) is 0 Å². The van der Waals surface area contributed by atoms with Crippen molar-refractivity contribution in [3.63, 3.8) is 0 Å². The zero-order chi connectivity index (χ0) is 24.3. The van der Waals surface area contributed by atoms with Gasteiger partial charge in [-0.05, 0) is 76.6 Å². The molecule has 1 aromatic heterocycles. The average molecular weight is 462 g/mol. The third-order valence-electron chi connectivity index (χ3n) is 6.51. The molecular formula is C26H43N3O4. The fourth-order valence-corrected chi connectivity index (χ4v) is 4.41. The minimum Gasteiger partial charge on any atom is -0.463 e. The predicted octanol–water partition coefficient (Wildman–Crippen LogP) is 3.35. The molecule has 1 aromatic rings. The number of nitrogens with one attached hydrogen (secondary N) is 1. The van der Waals surface area contributed by atoms with E-state index in [2.05, 4.69) is 35.1 Å². The van der Waals surface area contributed by atoms with E-state index in [9.17, 15) is 14.7 Å². The van der Waals surface area contributed by atoms with E-state index < -0.39 is 17.5 Å². The molecule has 0 amide bonds. The third-order valence-corrected chi connectivity index (χ3v) is 6.51. The van der Waals surface area contributed by atoms with Crippen LogP contribution in [0.4, 0.5) is 0 Å². The van der Waals surface area contributed by atoms with Gasteiger partial charge in [-0.25, -0.2) is 0 Å². The molecule has 186 valence electrons. The van der Waals surface area contributed by atoms with Crippen molar-refractivity contribution in [3.8, 4) is 0 Å². The maximum absolute atomic E-state index is 12.8. The van der Waals surface area contributed by atoms with Gasteiger partial charge in [-0.3, -0.25) is 19.5 Å². The Bertz CT molecular complexity index is 726. The van der Waals surface area contributed by atoms with Crippen LogP contribution in [-0.4, -0.2) is 65.1 Å². The number of ether oxygens (including phenoxy) is 1. The van der Waals surface area contributed by atoms with Gasteiger partial charge in [0.1, 0.15) is 17.8 Å². The van der Waals surface area contributed by atoms with Gasteiger partial charge in [0.25, 0.3) is 0 Å². The van der Waals surface area contributed by atoms with Gasteiger partial charge in [-0.2, -0.15) is 0 Å². The number of rotatable bonds is 8. The molecule has 2 rings (SSSR count). The molecular weight excluding hydrogens is 418 g/mol. The van der Waals surface area contributed by atoms with E-state index in [0.717, 1.165) is 51.0 Å². The minimum absolute atomic E-state index is 0.0836. The first-order valence-electron chi connectivity index (χ1n) is 12.5. The molecule has 0 radical (unpaired) electrons. The Morgan fingerprint density at radius 3 is 2.82 bits per heavy atom. The number of Topliss-reactive ketones (excluding diaryl/α,β-unsaturated/α-hetero) is 1. The summed E-state index contributed by atoms with van der Waals surface area (Å²) in [6, 6.07) is 4.07. The van der Waals surface area contributed by atoms with Crippen LogP contribution in [0.25, 0.3) is 0 Å². The van der Waals surface area contributed by atoms with Gasteiger partial charge in [-0.1, -0.05) is 19.9 Å². The molecule has 0 bridgehead atoms. The van der Waals surface area contributed by atoms with Crippen LogP contribution >= 0.6 is 0 Å². The Balaban J connectivity index is 2.04. The summed E-state index contributed by atoms with van der Waals surface area (Å²) in [5, 5.41) is 13.9. The molecule has 1 aliphatic heterocycles. The second kappa shape index (κ2) is 13.8. The zero-order valence-electron chi connectivity index (χ0n) is 20.9. The number of esters is 1. The Hall–Kier alpha value is -1.83. The van der Waals surface area contributed by atoms with E-state index in [1.807, 2.05) is 12.3 Å². The van der Waals surface area contributed by atoms with Crippen LogP contribution in [0.2, 0.25) is 0 Å². The number of ketones is 1. The molecule has 7 heteroatoms. The van der Waals surface area contributed by atoms with Gasteiger partial charge in [0.05, 0.1) is 6.10 Å². The van der Waals surface area contributed by atoms with Crippen molar-refractivity contribution in [2.24, 2.45) is 11.3 Å². The van der Waals surface area contributed by atoms with E-state index in [1.165, 1.54) is 0 Å². The summed E-state index contributed by atoms with van der Waals surface area (Å²) in [7, 11) is 0. The van der Waals surface area contributed by atoms with E-state index in [0.29, 0.717) is 12.8 Å². The lowest BCUT2D eigenvalue weighted by Crippen LogP contribution is -2.44. The second-order valence-electron chi connectivity index (χ2n) is 10.0. The second-order valence-corrected chi connectivity index (χ2v) is 10.0. The highest BCUT2D eigenvalue weighted by molar-refractivity contribution is 6.02. The Morgan fingerprint density at radius 1 is 1.33 bits per heavy atom. The van der Waals surface area contributed by atoms with Crippen molar-refractivity contribution in [3.05, 3.63) is 30.1 Å². The Labute approximate surface area is 199 Å². The lowest BCUT2D eigenvalue weighted by atomic mass is 9.85. The zero-order valence-corrected chi connectivity index (χ0v) is 20.9. The van der Waals surface area contributed by atoms with Crippen LogP contribution in [0.5, 0.6) is 0 Å². The quantitative estimate of drug-likeness (QED) is 0.348. The number of pyridine rings is 1. The lowest BCUT2D eigenvalue weighted by molar-refractivity contribution is -0.160. The van der Waals surface area contributed by atoms with Crippen molar-refractivity contribution < 1.29 is 19.4 Å². The SMILES string of the molecule is CCCN1C[C@H](C)C[C@@H](O)CCC(=O)C(C)(C)C(=O)OC[C@H]1CCCNCc1cccnc1. The summed E-state index contributed by atoms with van der Waals surface area (Å²) in [5.41, 5.74) is -0.0365. The lowest BCUT2D eigenvalue weighted by Gasteiger charge is -2.34. The molecule has 0 unspecified atom stereocenters. The average Bonchev–Trinajstić information content (AvgIpc) is 2.79. The van der Waals surface area contributed by atoms with Crippen molar-refractivity contribution >= 4 is 11.8 Å². The van der Waals surface area contributed by atoms with Gasteiger partial charge in [0.15, 0.2) is 0 Å². The summed E-state index contributed by atoms with van der Waals surface area (Å²) in [6.45, 7) is 11.2. The first-order chi connectivity index (χ1) is 15.7. The molecule has 33 heavy (non-hydrogen) atoms. The number of aliphatic hydroxyl groups is 1. The molecule has 2 heterocycles. The van der Waals surface area contributed by atoms with E-state index >= 15 is 0 Å². The highest BCUT2D eigenvalue weighted by atomic mass is 16.5. The number of hydrogen-bond acceptors (Lipinski definition) is 7. The van der Waals surface area contributed by atoms with Crippen LogP contribution in [0.15, 0.2) is 24.5 Å². The van der Waals surface area contributed by atoms with Gasteiger partial charge >= 0.3 is 5.97 Å². The fourth-order valence-electron chi connectivity index (χ4n) is 4.41. The van der Waals surface area contributed by atoms with Crippen LogP contribution in [0.1, 0.15) is 71.8 Å². The maximum Gasteiger partial charge on any atom is 0.319 e. The fraction of sp³-hybridized carbons (Fsp3) is 0.731. The van der Waals surface area contributed by atoms with Gasteiger partial charge < -0.3 is 15.2 Å². The molecule has 2 N–H and O–H groups in total. The molecule has 1 saturated heterocycles. The largest absolute Gasteiger partial charge is 0.463 e. The number of cyclic esters (lactones) is 1. The van der Waals surface area contributed by atoms with E-state index in [1.54, 1.807) is 20.0 Å². The molecule has 1 fully saturated rings. The summed E-state index contributed by atoms with van der Waals surface area (Å²) < 4.78 is 5.73. The highest BCUT2D eigenvalue weighted by Gasteiger charge is 2.38. The first-order valence-corrected chi connectivity index (χ1v) is 12.5. The summed E-state index contributed by atoms with van der Waals surface area (Å²) in [6.07, 6.45) is 7.18. The smallest absolute Gasteiger partial charge is 0.319 e. The Morgan fingerprint density at radius 2 is 2.12 bits per heavy atom. The third kappa shape index (κ3) is 9.14. The first kappa shape index (κ1) is 27.4. The number of carbonyl (C=O) groups excluding carboxylic acids is 2. The summed E-state index contributed by atoms with van der Waals surface area (Å²) in [5.74, 6) is -0.345. The normalized spacial score (nSPS) is 25.5. The van der Waals surface area contributed by atoms with Crippen molar-refractivity contribution in [1.82, 2.24) is 15.2 Å². The molecule has 3 atom stereocenters. The van der Waals surface area contributed by atoms with E-state index in [4.69, 9.17) is 4.74 Å². The van der Waals surface area contributed by atoms with Crippen LogP contribution in [0, 0.1) is 11.3 Å². The molecule has 7 nitrogen and oxygen atoms in total. The van der Waals surface area contributed by atoms with Crippen molar-refractivity contribution in [2.45, 2.75) is 84.9 Å². The summed E-state index contributed by atoms with van der Waals surface area (Å²) >= 11 is 0. The molecule has 0 aromatic carbocycles. The van der Waals surface area contributed by atoms with E-state index in [-0.39, 0.29) is 30.8 Å². The highest BCUT2D eigenvalue weighted by Crippen LogP contribution is 2.25. The van der Waals surface area contributed by atoms with Crippen molar-refractivity contribution in [2.75, 3.05) is 26.2 Å². The van der Waals surface area contributed by atoms with Crippen LogP contribution in [-0.2, 0) is 20.9 Å². The monoisotopic (exact) mass is 461 g/mol. The maximum atomic E-state index is 12.8. The number of aliphatic hydroxyl groups excluding tert-OH is 1. The topological polar surface area (TPSA) is 91.8 Å². The van der Waals surface area contributed by atoms with Crippen molar-refractivity contribution in [1.29, 1.82) is 0 Å². The standard InChI is InChI=1S/C26H43N3O4/c1-5-14-29-18-20(2)15-23(30)10-11-24(31)26(3,4)25(32)33-19-22(29)9-7-13-28-17-21-8-6-12-27-16-21/h6,8,12,16,20,22-23,28,30H,5,7,9-11,13-15,17-19H2,1-4H3/t20-,22-,23+/m1/s1. The molecule has 0 aliphatic carbocycles.